The molecule has 1 fully saturated rings. The van der Waals surface area contributed by atoms with E-state index in [1.807, 2.05) is 12.1 Å². The fourth-order valence-corrected chi connectivity index (χ4v) is 4.63. The van der Waals surface area contributed by atoms with Crippen molar-refractivity contribution in [3.05, 3.63) is 40.7 Å². The van der Waals surface area contributed by atoms with Crippen LogP contribution in [0.1, 0.15) is 12.0 Å². The molecule has 2 aliphatic heterocycles. The Hall–Kier alpha value is -1.47. The van der Waals surface area contributed by atoms with Crippen molar-refractivity contribution in [1.82, 2.24) is 9.88 Å². The van der Waals surface area contributed by atoms with Crippen molar-refractivity contribution in [2.24, 2.45) is 0 Å². The highest BCUT2D eigenvalue weighted by Gasteiger charge is 2.45. The molecule has 7 heteroatoms. The lowest BCUT2D eigenvalue weighted by Crippen LogP contribution is -2.53. The minimum Gasteiger partial charge on any atom is -0.477 e. The number of fused-ring (bicyclic) bond motifs is 1. The molecule has 0 aromatic carbocycles. The summed E-state index contributed by atoms with van der Waals surface area (Å²) in [5.74, 6) is 0.199. The van der Waals surface area contributed by atoms with Gasteiger partial charge in [-0.15, -0.1) is 23.5 Å². The van der Waals surface area contributed by atoms with Crippen molar-refractivity contribution in [3.8, 4) is 0 Å². The number of rotatable bonds is 4. The highest BCUT2D eigenvalue weighted by Crippen LogP contribution is 2.43. The number of aliphatic carboxylic acids is 1. The molecule has 0 spiro atoms. The Morgan fingerprint density at radius 1 is 1.60 bits per heavy atom. The first-order chi connectivity index (χ1) is 9.66. The van der Waals surface area contributed by atoms with Crippen LogP contribution in [0.3, 0.4) is 0 Å². The van der Waals surface area contributed by atoms with E-state index in [1.165, 1.54) is 16.7 Å². The molecule has 1 amide bonds. The van der Waals surface area contributed by atoms with E-state index in [0.717, 1.165) is 10.5 Å². The van der Waals surface area contributed by atoms with Crippen LogP contribution in [0.4, 0.5) is 0 Å². The number of amides is 1. The summed E-state index contributed by atoms with van der Waals surface area (Å²) in [6.07, 6.45) is 3.92. The monoisotopic (exact) mass is 308 g/mol. The van der Waals surface area contributed by atoms with E-state index in [0.29, 0.717) is 17.9 Å². The van der Waals surface area contributed by atoms with Crippen molar-refractivity contribution in [2.45, 2.75) is 17.5 Å². The fraction of sp³-hybridized carbons (Fsp3) is 0.308. The van der Waals surface area contributed by atoms with E-state index in [-0.39, 0.29) is 17.0 Å². The number of carboxylic acid groups (broad SMARTS) is 1. The van der Waals surface area contributed by atoms with Gasteiger partial charge >= 0.3 is 5.97 Å². The summed E-state index contributed by atoms with van der Waals surface area (Å²) in [4.78, 5) is 29.2. The van der Waals surface area contributed by atoms with E-state index in [9.17, 15) is 14.7 Å². The Labute approximate surface area is 124 Å². The summed E-state index contributed by atoms with van der Waals surface area (Å²) in [7, 11) is 0. The summed E-state index contributed by atoms with van der Waals surface area (Å²) in [5, 5.41) is 9.37. The Bertz CT molecular complexity index is 589. The maximum atomic E-state index is 11.6. The van der Waals surface area contributed by atoms with Crippen LogP contribution in [0.5, 0.6) is 0 Å². The zero-order chi connectivity index (χ0) is 14.1. The van der Waals surface area contributed by atoms with Gasteiger partial charge in [-0.3, -0.25) is 14.7 Å². The fourth-order valence-electron chi connectivity index (χ4n) is 2.15. The van der Waals surface area contributed by atoms with Gasteiger partial charge in [0.2, 0.25) is 5.91 Å². The van der Waals surface area contributed by atoms with E-state index < -0.39 is 5.97 Å². The van der Waals surface area contributed by atoms with Gasteiger partial charge in [-0.05, 0) is 11.6 Å². The first-order valence-electron chi connectivity index (χ1n) is 6.08. The third-order valence-corrected chi connectivity index (χ3v) is 5.72. The standard InChI is InChI=1S/C13H12N2O3S2/c16-10-4-11-15(10)12(13(17)18)9(7-20-11)19-6-8-2-1-3-14-5-8/h1-3,5,11H,4,6-7H2,(H,17,18). The van der Waals surface area contributed by atoms with Crippen molar-refractivity contribution in [3.63, 3.8) is 0 Å². The van der Waals surface area contributed by atoms with Gasteiger partial charge in [0.25, 0.3) is 0 Å². The largest absolute Gasteiger partial charge is 0.477 e. The van der Waals surface area contributed by atoms with Crippen LogP contribution in [0.15, 0.2) is 35.1 Å². The van der Waals surface area contributed by atoms with Gasteiger partial charge < -0.3 is 5.11 Å². The van der Waals surface area contributed by atoms with E-state index in [2.05, 4.69) is 4.98 Å². The van der Waals surface area contributed by atoms with Gasteiger partial charge in [0.15, 0.2) is 0 Å². The molecule has 104 valence electrons. The van der Waals surface area contributed by atoms with Crippen LogP contribution in [-0.2, 0) is 15.3 Å². The van der Waals surface area contributed by atoms with E-state index in [4.69, 9.17) is 0 Å². The number of β-lactam (4-membered cyclic amide) rings is 1. The van der Waals surface area contributed by atoms with E-state index >= 15 is 0 Å². The van der Waals surface area contributed by atoms with Gasteiger partial charge in [0, 0.05) is 28.8 Å². The quantitative estimate of drug-likeness (QED) is 0.857. The summed E-state index contributed by atoms with van der Waals surface area (Å²) in [6.45, 7) is 0. The molecule has 1 aromatic heterocycles. The van der Waals surface area contributed by atoms with Crippen molar-refractivity contribution in [1.29, 1.82) is 0 Å². The molecule has 0 aliphatic carbocycles. The normalized spacial score (nSPS) is 21.5. The predicted molar refractivity (Wildman–Crippen MR) is 77.9 cm³/mol. The minimum absolute atomic E-state index is 0.0105. The first-order valence-corrected chi connectivity index (χ1v) is 8.12. The average Bonchev–Trinajstić information content (AvgIpc) is 2.45. The Morgan fingerprint density at radius 2 is 2.45 bits per heavy atom. The average molecular weight is 308 g/mol. The number of nitrogens with zero attached hydrogens (tertiary/aromatic N) is 2. The van der Waals surface area contributed by atoms with Gasteiger partial charge in [-0.1, -0.05) is 6.07 Å². The van der Waals surface area contributed by atoms with Gasteiger partial charge in [-0.2, -0.15) is 0 Å². The second-order valence-corrected chi connectivity index (χ2v) is 6.70. The lowest BCUT2D eigenvalue weighted by molar-refractivity contribution is -0.146. The number of hydrogen-bond donors (Lipinski definition) is 1. The van der Waals surface area contributed by atoms with Crippen LogP contribution in [-0.4, -0.2) is 38.0 Å². The molecule has 2 aliphatic rings. The third-order valence-electron chi connectivity index (χ3n) is 3.16. The topological polar surface area (TPSA) is 70.5 Å². The molecule has 1 saturated heterocycles. The summed E-state index contributed by atoms with van der Waals surface area (Å²) in [6, 6.07) is 3.81. The summed E-state index contributed by atoms with van der Waals surface area (Å²) in [5.41, 5.74) is 1.20. The Kier molecular flexibility index (Phi) is 3.71. The van der Waals surface area contributed by atoms with Gasteiger partial charge in [0.1, 0.15) is 5.70 Å². The van der Waals surface area contributed by atoms with E-state index in [1.54, 1.807) is 24.2 Å². The lowest BCUT2D eigenvalue weighted by Gasteiger charge is -2.43. The highest BCUT2D eigenvalue weighted by molar-refractivity contribution is 8.05. The predicted octanol–water partition coefficient (Wildman–Crippen LogP) is 1.92. The van der Waals surface area contributed by atoms with Crippen molar-refractivity contribution < 1.29 is 14.7 Å². The van der Waals surface area contributed by atoms with Crippen LogP contribution in [0, 0.1) is 0 Å². The van der Waals surface area contributed by atoms with Crippen molar-refractivity contribution in [2.75, 3.05) is 5.75 Å². The molecule has 1 atom stereocenters. The second-order valence-electron chi connectivity index (χ2n) is 4.46. The summed E-state index contributed by atoms with van der Waals surface area (Å²) < 4.78 is 0. The molecular weight excluding hydrogens is 296 g/mol. The minimum atomic E-state index is -1.02. The molecule has 1 aromatic rings. The molecule has 0 radical (unpaired) electrons. The molecule has 3 heterocycles. The molecule has 5 nitrogen and oxygen atoms in total. The molecule has 3 rings (SSSR count). The van der Waals surface area contributed by atoms with Crippen LogP contribution in [0.25, 0.3) is 0 Å². The third kappa shape index (κ3) is 2.43. The van der Waals surface area contributed by atoms with Gasteiger partial charge in [0.05, 0.1) is 11.8 Å². The number of thioether (sulfide) groups is 2. The maximum Gasteiger partial charge on any atom is 0.353 e. The molecule has 1 N–H and O–H groups in total. The molecule has 0 saturated carbocycles. The smallest absolute Gasteiger partial charge is 0.353 e. The number of aromatic nitrogens is 1. The maximum absolute atomic E-state index is 11.6. The Balaban J connectivity index is 1.80. The summed E-state index contributed by atoms with van der Waals surface area (Å²) >= 11 is 3.10. The zero-order valence-electron chi connectivity index (χ0n) is 10.5. The number of carboxylic acids is 1. The number of hydrogen-bond acceptors (Lipinski definition) is 5. The van der Waals surface area contributed by atoms with Crippen molar-refractivity contribution >= 4 is 35.4 Å². The number of carbonyl (C=O) groups is 2. The lowest BCUT2D eigenvalue weighted by atomic mass is 10.1. The van der Waals surface area contributed by atoms with Crippen LogP contribution < -0.4 is 0 Å². The number of pyridine rings is 1. The molecular formula is C13H12N2O3S2. The van der Waals surface area contributed by atoms with Crippen LogP contribution >= 0.6 is 23.5 Å². The second kappa shape index (κ2) is 5.49. The first kappa shape index (κ1) is 13.5. The molecule has 0 bridgehead atoms. The molecule has 20 heavy (non-hydrogen) atoms. The zero-order valence-corrected chi connectivity index (χ0v) is 12.1. The van der Waals surface area contributed by atoms with Gasteiger partial charge in [-0.25, -0.2) is 4.79 Å². The SMILES string of the molecule is O=C(O)C1=C(SCc2cccnc2)CSC2CC(=O)N12. The van der Waals surface area contributed by atoms with Crippen LogP contribution in [0.2, 0.25) is 0 Å². The number of carbonyl (C=O) groups excluding carboxylic acids is 1. The highest BCUT2D eigenvalue weighted by atomic mass is 32.2. The molecule has 1 unspecified atom stereocenters. The Morgan fingerprint density at radius 3 is 3.10 bits per heavy atom.